The second-order valence-corrected chi connectivity index (χ2v) is 3.80. The van der Waals surface area contributed by atoms with Gasteiger partial charge in [-0.15, -0.1) is 0 Å². The quantitative estimate of drug-likeness (QED) is 0.746. The fraction of sp³-hybridized carbons (Fsp3) is 0.167. The van der Waals surface area contributed by atoms with Crippen LogP contribution < -0.4 is 10.6 Å². The Morgan fingerprint density at radius 3 is 2.84 bits per heavy atom. The summed E-state index contributed by atoms with van der Waals surface area (Å²) in [6, 6.07) is 5.30. The summed E-state index contributed by atoms with van der Waals surface area (Å²) in [6.45, 7) is 1.54. The van der Waals surface area contributed by atoms with Crippen LogP contribution in [0.2, 0.25) is 0 Å². The maximum absolute atomic E-state index is 10.5. The first-order valence-electron chi connectivity index (χ1n) is 5.62. The number of hydrogen-bond donors (Lipinski definition) is 3. The lowest BCUT2D eigenvalue weighted by atomic mass is 10.4. The number of pyridine rings is 1. The molecule has 7 nitrogen and oxygen atoms in total. The predicted octanol–water partition coefficient (Wildman–Crippen LogP) is 1.42. The number of aryl methyl sites for hydroxylation is 1. The van der Waals surface area contributed by atoms with Crippen molar-refractivity contribution in [3.05, 3.63) is 36.4 Å². The van der Waals surface area contributed by atoms with E-state index in [4.69, 9.17) is 5.11 Å². The van der Waals surface area contributed by atoms with Gasteiger partial charge in [0.1, 0.15) is 24.0 Å². The van der Waals surface area contributed by atoms with Crippen LogP contribution in [-0.2, 0) is 4.79 Å². The molecule has 0 saturated carbocycles. The summed E-state index contributed by atoms with van der Waals surface area (Å²) in [5, 5.41) is 14.4. The van der Waals surface area contributed by atoms with Gasteiger partial charge >= 0.3 is 5.97 Å². The second-order valence-electron chi connectivity index (χ2n) is 3.80. The molecule has 0 aliphatic carbocycles. The second kappa shape index (κ2) is 5.76. The molecule has 2 aromatic rings. The summed E-state index contributed by atoms with van der Waals surface area (Å²) in [5.41, 5.74) is 0.796. The van der Waals surface area contributed by atoms with E-state index in [1.54, 1.807) is 31.5 Å². The molecular weight excluding hydrogens is 246 g/mol. The van der Waals surface area contributed by atoms with Crippen LogP contribution in [0.4, 0.5) is 17.3 Å². The number of anilines is 3. The number of aliphatic carboxylic acids is 1. The minimum atomic E-state index is -0.946. The Labute approximate surface area is 109 Å². The summed E-state index contributed by atoms with van der Waals surface area (Å²) >= 11 is 0. The van der Waals surface area contributed by atoms with Gasteiger partial charge in [0.05, 0.1) is 11.9 Å². The van der Waals surface area contributed by atoms with Crippen LogP contribution in [0.15, 0.2) is 30.6 Å². The lowest BCUT2D eigenvalue weighted by Crippen LogP contribution is -2.14. The Morgan fingerprint density at radius 2 is 2.16 bits per heavy atom. The SMILES string of the molecule is Cc1nc(NCC(=O)O)cc(Nc2cccnc2)n1. The van der Waals surface area contributed by atoms with Gasteiger partial charge in [0, 0.05) is 12.3 Å². The van der Waals surface area contributed by atoms with Gasteiger partial charge in [-0.05, 0) is 19.1 Å². The number of carbonyl (C=O) groups is 1. The third-order valence-electron chi connectivity index (χ3n) is 2.19. The molecule has 0 bridgehead atoms. The summed E-state index contributed by atoms with van der Waals surface area (Å²) < 4.78 is 0. The molecule has 3 N–H and O–H groups in total. The Bertz CT molecular complexity index is 574. The average Bonchev–Trinajstić information content (AvgIpc) is 2.37. The van der Waals surface area contributed by atoms with Gasteiger partial charge in [0.25, 0.3) is 0 Å². The first-order chi connectivity index (χ1) is 9.13. The molecule has 2 rings (SSSR count). The zero-order valence-corrected chi connectivity index (χ0v) is 10.3. The number of aromatic nitrogens is 3. The van der Waals surface area contributed by atoms with E-state index in [2.05, 4.69) is 25.6 Å². The Morgan fingerprint density at radius 1 is 1.37 bits per heavy atom. The molecule has 0 aromatic carbocycles. The molecule has 0 unspecified atom stereocenters. The third-order valence-corrected chi connectivity index (χ3v) is 2.19. The lowest BCUT2D eigenvalue weighted by Gasteiger charge is -2.08. The van der Waals surface area contributed by atoms with Crippen molar-refractivity contribution in [2.45, 2.75) is 6.92 Å². The van der Waals surface area contributed by atoms with Gasteiger partial charge in [-0.2, -0.15) is 0 Å². The summed E-state index contributed by atoms with van der Waals surface area (Å²) in [4.78, 5) is 22.8. The molecule has 0 aliphatic rings. The highest BCUT2D eigenvalue weighted by atomic mass is 16.4. The van der Waals surface area contributed by atoms with Crippen molar-refractivity contribution in [2.75, 3.05) is 17.2 Å². The van der Waals surface area contributed by atoms with Gasteiger partial charge < -0.3 is 15.7 Å². The van der Waals surface area contributed by atoms with Crippen LogP contribution in [0.25, 0.3) is 0 Å². The van der Waals surface area contributed by atoms with Crippen molar-refractivity contribution in [1.29, 1.82) is 0 Å². The smallest absolute Gasteiger partial charge is 0.322 e. The minimum absolute atomic E-state index is 0.192. The van der Waals surface area contributed by atoms with Crippen molar-refractivity contribution in [3.8, 4) is 0 Å². The zero-order chi connectivity index (χ0) is 13.7. The Kier molecular flexibility index (Phi) is 3.87. The van der Waals surface area contributed by atoms with E-state index in [9.17, 15) is 4.79 Å². The van der Waals surface area contributed by atoms with E-state index in [-0.39, 0.29) is 6.54 Å². The molecule has 2 heterocycles. The fourth-order valence-electron chi connectivity index (χ4n) is 1.47. The van der Waals surface area contributed by atoms with Gasteiger partial charge in [-0.1, -0.05) is 0 Å². The van der Waals surface area contributed by atoms with E-state index in [1.807, 2.05) is 6.07 Å². The highest BCUT2D eigenvalue weighted by Crippen LogP contribution is 2.16. The van der Waals surface area contributed by atoms with Crippen LogP contribution >= 0.6 is 0 Å². The van der Waals surface area contributed by atoms with E-state index < -0.39 is 5.97 Å². The molecule has 98 valence electrons. The maximum Gasteiger partial charge on any atom is 0.322 e. The first-order valence-corrected chi connectivity index (χ1v) is 5.62. The highest BCUT2D eigenvalue weighted by molar-refractivity contribution is 5.72. The maximum atomic E-state index is 10.5. The number of carboxylic acids is 1. The molecule has 2 aromatic heterocycles. The zero-order valence-electron chi connectivity index (χ0n) is 10.3. The number of rotatable bonds is 5. The van der Waals surface area contributed by atoms with Gasteiger partial charge in [0.15, 0.2) is 0 Å². The van der Waals surface area contributed by atoms with Crippen molar-refractivity contribution < 1.29 is 9.90 Å². The number of nitrogens with zero attached hydrogens (tertiary/aromatic N) is 3. The first kappa shape index (κ1) is 12.7. The highest BCUT2D eigenvalue weighted by Gasteiger charge is 2.04. The van der Waals surface area contributed by atoms with Crippen molar-refractivity contribution in [3.63, 3.8) is 0 Å². The summed E-state index contributed by atoms with van der Waals surface area (Å²) in [5.74, 6) is 0.634. The van der Waals surface area contributed by atoms with Crippen LogP contribution in [0.5, 0.6) is 0 Å². The monoisotopic (exact) mass is 259 g/mol. The van der Waals surface area contributed by atoms with E-state index in [0.717, 1.165) is 5.69 Å². The summed E-state index contributed by atoms with van der Waals surface area (Å²) in [7, 11) is 0. The van der Waals surface area contributed by atoms with Crippen LogP contribution in [0.1, 0.15) is 5.82 Å². The standard InChI is InChI=1S/C12H13N5O2/c1-8-15-10(14-7-12(18)19)5-11(16-8)17-9-3-2-4-13-6-9/h2-6H,7H2,1H3,(H,18,19)(H2,14,15,16,17). The van der Waals surface area contributed by atoms with Crippen LogP contribution in [-0.4, -0.2) is 32.6 Å². The topological polar surface area (TPSA) is 100 Å². The summed E-state index contributed by atoms with van der Waals surface area (Å²) in [6.07, 6.45) is 3.35. The van der Waals surface area contributed by atoms with E-state index in [0.29, 0.717) is 17.5 Å². The lowest BCUT2D eigenvalue weighted by molar-refractivity contribution is -0.134. The number of carboxylic acid groups (broad SMARTS) is 1. The van der Waals surface area contributed by atoms with Crippen molar-refractivity contribution in [2.24, 2.45) is 0 Å². The molecule has 0 atom stereocenters. The van der Waals surface area contributed by atoms with Gasteiger partial charge in [0.2, 0.25) is 0 Å². The van der Waals surface area contributed by atoms with E-state index >= 15 is 0 Å². The molecule has 7 heteroatoms. The van der Waals surface area contributed by atoms with Crippen molar-refractivity contribution >= 4 is 23.3 Å². The molecule has 19 heavy (non-hydrogen) atoms. The Balaban J connectivity index is 2.14. The average molecular weight is 259 g/mol. The molecule has 0 saturated heterocycles. The number of nitrogens with one attached hydrogen (secondary N) is 2. The van der Waals surface area contributed by atoms with Crippen LogP contribution in [0.3, 0.4) is 0 Å². The van der Waals surface area contributed by atoms with E-state index in [1.165, 1.54) is 0 Å². The third kappa shape index (κ3) is 3.91. The molecule has 0 fully saturated rings. The fourth-order valence-corrected chi connectivity index (χ4v) is 1.47. The molecular formula is C12H13N5O2. The molecule has 0 amide bonds. The van der Waals surface area contributed by atoms with Gasteiger partial charge in [-0.3, -0.25) is 9.78 Å². The van der Waals surface area contributed by atoms with Gasteiger partial charge in [-0.25, -0.2) is 9.97 Å². The Hall–Kier alpha value is -2.70. The minimum Gasteiger partial charge on any atom is -0.480 e. The van der Waals surface area contributed by atoms with Crippen molar-refractivity contribution in [1.82, 2.24) is 15.0 Å². The van der Waals surface area contributed by atoms with Crippen LogP contribution in [0, 0.1) is 6.92 Å². The number of hydrogen-bond acceptors (Lipinski definition) is 6. The molecule has 0 spiro atoms. The molecule has 0 radical (unpaired) electrons. The largest absolute Gasteiger partial charge is 0.480 e. The molecule has 0 aliphatic heterocycles. The normalized spacial score (nSPS) is 9.95. The predicted molar refractivity (Wildman–Crippen MR) is 70.4 cm³/mol.